The smallest absolute Gasteiger partial charge is 0.253 e. The van der Waals surface area contributed by atoms with Gasteiger partial charge in [-0.05, 0) is 48.8 Å². The number of halogens is 1. The fraction of sp³-hybridized carbons (Fsp3) is 0.304. The van der Waals surface area contributed by atoms with Crippen molar-refractivity contribution in [3.8, 4) is 0 Å². The maximum atomic E-state index is 12.8. The topological polar surface area (TPSA) is 45.2 Å². The number of carbonyl (C=O) groups is 1. The average Bonchev–Trinajstić information content (AvgIpc) is 2.75. The van der Waals surface area contributed by atoms with Gasteiger partial charge in [0.25, 0.3) is 5.91 Å². The molecule has 2 aromatic carbocycles. The number of pyridine rings is 1. The van der Waals surface area contributed by atoms with Crippen LogP contribution in [-0.2, 0) is 6.42 Å². The Labute approximate surface area is 170 Å². The zero-order valence-electron chi connectivity index (χ0n) is 15.8. The predicted molar refractivity (Wildman–Crippen MR) is 115 cm³/mol. The molecule has 4 rings (SSSR count). The van der Waals surface area contributed by atoms with Gasteiger partial charge in [-0.15, -0.1) is 0 Å². The Morgan fingerprint density at radius 1 is 1.00 bits per heavy atom. The zero-order valence-corrected chi connectivity index (χ0v) is 16.6. The molecule has 0 aliphatic carbocycles. The van der Waals surface area contributed by atoms with E-state index >= 15 is 0 Å². The van der Waals surface area contributed by atoms with Gasteiger partial charge in [0.2, 0.25) is 0 Å². The largest absolute Gasteiger partial charge is 0.356 e. The Kier molecular flexibility index (Phi) is 5.77. The van der Waals surface area contributed by atoms with Crippen LogP contribution in [0.4, 0.5) is 5.82 Å². The van der Waals surface area contributed by atoms with Crippen molar-refractivity contribution in [1.29, 1.82) is 0 Å². The third-order valence-corrected chi connectivity index (χ3v) is 5.54. The van der Waals surface area contributed by atoms with Gasteiger partial charge in [-0.3, -0.25) is 4.79 Å². The van der Waals surface area contributed by atoms with Crippen LogP contribution in [0.2, 0.25) is 5.02 Å². The van der Waals surface area contributed by atoms with Gasteiger partial charge in [0.15, 0.2) is 0 Å². The van der Waals surface area contributed by atoms with Crippen molar-refractivity contribution in [3.63, 3.8) is 0 Å². The van der Waals surface area contributed by atoms with E-state index in [4.69, 9.17) is 11.6 Å². The predicted octanol–water partition coefficient (Wildman–Crippen LogP) is 4.85. The van der Waals surface area contributed by atoms with Crippen LogP contribution in [0.25, 0.3) is 10.8 Å². The number of hydrogen-bond donors (Lipinski definition) is 1. The number of fused-ring (bicyclic) bond motifs is 1. The number of rotatable bonds is 5. The number of nitrogens with zero attached hydrogens (tertiary/aromatic N) is 2. The van der Waals surface area contributed by atoms with Crippen molar-refractivity contribution in [2.24, 2.45) is 0 Å². The first-order valence-corrected chi connectivity index (χ1v) is 10.3. The molecule has 1 fully saturated rings. The van der Waals surface area contributed by atoms with Crippen LogP contribution >= 0.6 is 11.6 Å². The number of aromatic nitrogens is 1. The molecular formula is C23H24ClN3O. The van der Waals surface area contributed by atoms with Gasteiger partial charge in [0.1, 0.15) is 5.82 Å². The minimum Gasteiger partial charge on any atom is -0.356 e. The molecule has 1 saturated heterocycles. The SMILES string of the molecule is O=C(NCCc1ccc(Cl)cc1)c1cnc(N2CCCCC2)c2ccccc12. The Hall–Kier alpha value is -2.59. The highest BCUT2D eigenvalue weighted by atomic mass is 35.5. The summed E-state index contributed by atoms with van der Waals surface area (Å²) in [5.41, 5.74) is 1.78. The van der Waals surface area contributed by atoms with Gasteiger partial charge < -0.3 is 10.2 Å². The molecule has 1 aromatic heterocycles. The first-order valence-electron chi connectivity index (χ1n) is 9.88. The quantitative estimate of drug-likeness (QED) is 0.673. The molecule has 0 saturated carbocycles. The van der Waals surface area contributed by atoms with E-state index in [1.165, 1.54) is 19.3 Å². The van der Waals surface area contributed by atoms with Gasteiger partial charge in [-0.25, -0.2) is 4.98 Å². The molecule has 1 aliphatic rings. The highest BCUT2D eigenvalue weighted by Crippen LogP contribution is 2.29. The lowest BCUT2D eigenvalue weighted by Gasteiger charge is -2.29. The van der Waals surface area contributed by atoms with Crippen molar-refractivity contribution in [2.45, 2.75) is 25.7 Å². The van der Waals surface area contributed by atoms with Crippen molar-refractivity contribution in [1.82, 2.24) is 10.3 Å². The summed E-state index contributed by atoms with van der Waals surface area (Å²) in [6.45, 7) is 2.63. The van der Waals surface area contributed by atoms with E-state index in [1.54, 1.807) is 6.20 Å². The van der Waals surface area contributed by atoms with Crippen LogP contribution in [-0.4, -0.2) is 30.5 Å². The lowest BCUT2D eigenvalue weighted by Crippen LogP contribution is -2.31. The molecule has 4 nitrogen and oxygen atoms in total. The van der Waals surface area contributed by atoms with E-state index in [9.17, 15) is 4.79 Å². The number of amides is 1. The maximum Gasteiger partial charge on any atom is 0.253 e. The summed E-state index contributed by atoms with van der Waals surface area (Å²) in [6.07, 6.45) is 6.17. The summed E-state index contributed by atoms with van der Waals surface area (Å²) in [7, 11) is 0. The molecule has 1 amide bonds. The second-order valence-electron chi connectivity index (χ2n) is 7.22. The zero-order chi connectivity index (χ0) is 19.3. The number of benzene rings is 2. The molecule has 0 unspecified atom stereocenters. The van der Waals surface area contributed by atoms with Crippen LogP contribution in [0.3, 0.4) is 0 Å². The maximum absolute atomic E-state index is 12.8. The number of nitrogens with one attached hydrogen (secondary N) is 1. The van der Waals surface area contributed by atoms with Crippen molar-refractivity contribution in [2.75, 3.05) is 24.5 Å². The van der Waals surface area contributed by atoms with Crippen LogP contribution in [0.1, 0.15) is 35.2 Å². The summed E-state index contributed by atoms with van der Waals surface area (Å²) in [5, 5.41) is 5.76. The van der Waals surface area contributed by atoms with Gasteiger partial charge in [-0.2, -0.15) is 0 Å². The molecule has 0 atom stereocenters. The number of anilines is 1. The number of hydrogen-bond acceptors (Lipinski definition) is 3. The van der Waals surface area contributed by atoms with E-state index in [0.717, 1.165) is 46.7 Å². The fourth-order valence-corrected chi connectivity index (χ4v) is 3.91. The first kappa shape index (κ1) is 18.8. The van der Waals surface area contributed by atoms with E-state index in [2.05, 4.69) is 21.3 Å². The number of carbonyl (C=O) groups excluding carboxylic acids is 1. The van der Waals surface area contributed by atoms with E-state index in [0.29, 0.717) is 12.1 Å². The number of piperidine rings is 1. The minimum atomic E-state index is -0.0807. The molecule has 1 N–H and O–H groups in total. The Balaban J connectivity index is 1.51. The molecule has 144 valence electrons. The lowest BCUT2D eigenvalue weighted by molar-refractivity contribution is 0.0955. The third kappa shape index (κ3) is 4.12. The minimum absolute atomic E-state index is 0.0807. The Bertz CT molecular complexity index is 965. The Morgan fingerprint density at radius 3 is 2.46 bits per heavy atom. The molecule has 0 radical (unpaired) electrons. The van der Waals surface area contributed by atoms with E-state index < -0.39 is 0 Å². The summed E-state index contributed by atoms with van der Waals surface area (Å²) in [6, 6.07) is 15.8. The highest BCUT2D eigenvalue weighted by molar-refractivity contribution is 6.30. The van der Waals surface area contributed by atoms with Crippen molar-refractivity contribution < 1.29 is 4.79 Å². The molecule has 28 heavy (non-hydrogen) atoms. The van der Waals surface area contributed by atoms with Crippen LogP contribution in [0.5, 0.6) is 0 Å². The highest BCUT2D eigenvalue weighted by Gasteiger charge is 2.18. The first-order chi connectivity index (χ1) is 13.7. The molecular weight excluding hydrogens is 370 g/mol. The lowest BCUT2D eigenvalue weighted by atomic mass is 10.0. The summed E-state index contributed by atoms with van der Waals surface area (Å²) >= 11 is 5.92. The molecule has 0 spiro atoms. The summed E-state index contributed by atoms with van der Waals surface area (Å²) < 4.78 is 0. The molecule has 5 heteroatoms. The van der Waals surface area contributed by atoms with Crippen molar-refractivity contribution >= 4 is 34.1 Å². The van der Waals surface area contributed by atoms with Gasteiger partial charge in [0.05, 0.1) is 5.56 Å². The average molecular weight is 394 g/mol. The Morgan fingerprint density at radius 2 is 1.71 bits per heavy atom. The van der Waals surface area contributed by atoms with Crippen LogP contribution in [0, 0.1) is 0 Å². The van der Waals surface area contributed by atoms with Gasteiger partial charge in [0, 0.05) is 36.2 Å². The molecule has 3 aromatic rings. The van der Waals surface area contributed by atoms with Crippen molar-refractivity contribution in [3.05, 3.63) is 70.9 Å². The third-order valence-electron chi connectivity index (χ3n) is 5.29. The van der Waals surface area contributed by atoms with Crippen LogP contribution in [0.15, 0.2) is 54.7 Å². The second kappa shape index (κ2) is 8.61. The molecule has 2 heterocycles. The monoisotopic (exact) mass is 393 g/mol. The second-order valence-corrected chi connectivity index (χ2v) is 7.66. The molecule has 0 bridgehead atoms. The van der Waals surface area contributed by atoms with E-state index in [1.807, 2.05) is 42.5 Å². The van der Waals surface area contributed by atoms with Gasteiger partial charge >= 0.3 is 0 Å². The summed E-state index contributed by atoms with van der Waals surface area (Å²) in [5.74, 6) is 0.913. The fourth-order valence-electron chi connectivity index (χ4n) is 3.78. The van der Waals surface area contributed by atoms with Crippen LogP contribution < -0.4 is 10.2 Å². The van der Waals surface area contributed by atoms with Gasteiger partial charge in [-0.1, -0.05) is 48.0 Å². The summed E-state index contributed by atoms with van der Waals surface area (Å²) in [4.78, 5) is 19.8. The standard InChI is InChI=1S/C23H24ClN3O/c24-18-10-8-17(9-11-18)12-13-25-23(28)21-16-26-22(27-14-4-1-5-15-27)20-7-3-2-6-19(20)21/h2-3,6-11,16H,1,4-5,12-15H2,(H,25,28). The van der Waals surface area contributed by atoms with E-state index in [-0.39, 0.29) is 5.91 Å². The normalized spacial score (nSPS) is 14.2. The molecule has 1 aliphatic heterocycles.